The number of fused-ring (bicyclic) bond motifs is 1. The summed E-state index contributed by atoms with van der Waals surface area (Å²) in [5.74, 6) is 2.27. The maximum atomic E-state index is 10.3. The molecule has 1 aliphatic rings. The summed E-state index contributed by atoms with van der Waals surface area (Å²) in [7, 11) is 0. The molecule has 112 valence electrons. The zero-order chi connectivity index (χ0) is 14.7. The lowest BCUT2D eigenvalue weighted by atomic mass is 10.1. The van der Waals surface area contributed by atoms with Crippen molar-refractivity contribution in [3.05, 3.63) is 47.9 Å². The van der Waals surface area contributed by atoms with Crippen molar-refractivity contribution < 1.29 is 19.0 Å². The lowest BCUT2D eigenvalue weighted by Crippen LogP contribution is -2.24. The van der Waals surface area contributed by atoms with Crippen LogP contribution in [0.4, 0.5) is 0 Å². The molecule has 0 fully saturated rings. The molecule has 0 saturated heterocycles. The van der Waals surface area contributed by atoms with Gasteiger partial charge in [-0.15, -0.1) is 0 Å². The quantitative estimate of drug-likeness (QED) is 0.885. The smallest absolute Gasteiger partial charge is 0.161 e. The van der Waals surface area contributed by atoms with Gasteiger partial charge in [0.05, 0.1) is 18.4 Å². The van der Waals surface area contributed by atoms with E-state index in [1.54, 1.807) is 6.26 Å². The van der Waals surface area contributed by atoms with Crippen LogP contribution in [0.25, 0.3) is 0 Å². The molecule has 2 heterocycles. The third-order valence-corrected chi connectivity index (χ3v) is 3.54. The Balaban J connectivity index is 1.61. The highest BCUT2D eigenvalue weighted by Crippen LogP contribution is 2.32. The van der Waals surface area contributed by atoms with Gasteiger partial charge in [0.2, 0.25) is 0 Å². The van der Waals surface area contributed by atoms with Gasteiger partial charge in [-0.3, -0.25) is 0 Å². The van der Waals surface area contributed by atoms with Gasteiger partial charge in [-0.1, -0.05) is 6.07 Å². The van der Waals surface area contributed by atoms with Crippen molar-refractivity contribution in [3.8, 4) is 11.5 Å². The summed E-state index contributed by atoms with van der Waals surface area (Å²) in [6.07, 6.45) is 1.03. The Labute approximate surface area is 123 Å². The summed E-state index contributed by atoms with van der Waals surface area (Å²) in [6.45, 7) is 3.54. The summed E-state index contributed by atoms with van der Waals surface area (Å²) in [5.41, 5.74) is 0.804. The maximum Gasteiger partial charge on any atom is 0.161 e. The highest BCUT2D eigenvalue weighted by molar-refractivity contribution is 5.44. The molecule has 5 heteroatoms. The Morgan fingerprint density at radius 1 is 1.19 bits per heavy atom. The van der Waals surface area contributed by atoms with Gasteiger partial charge in [0.1, 0.15) is 19.0 Å². The second kappa shape index (κ2) is 6.20. The van der Waals surface area contributed by atoms with Gasteiger partial charge in [-0.05, 0) is 36.8 Å². The number of nitrogens with one attached hydrogen (secondary N) is 1. The van der Waals surface area contributed by atoms with Gasteiger partial charge in [0.25, 0.3) is 0 Å². The molecule has 21 heavy (non-hydrogen) atoms. The Morgan fingerprint density at radius 2 is 2.00 bits per heavy atom. The van der Waals surface area contributed by atoms with Gasteiger partial charge in [-0.2, -0.15) is 0 Å². The number of benzene rings is 1. The standard InChI is InChI=1S/C16H19NO4/c1-11(14-3-2-6-19-14)17-10-13(18)12-4-5-15-16(9-12)21-8-7-20-15/h2-6,9,11,13,17-18H,7-8,10H2,1H3/t11-,13?/m1/s1. The second-order valence-electron chi connectivity index (χ2n) is 5.06. The fourth-order valence-electron chi connectivity index (χ4n) is 2.31. The van der Waals surface area contributed by atoms with E-state index in [1.807, 2.05) is 37.3 Å². The fraction of sp³-hybridized carbons (Fsp3) is 0.375. The predicted molar refractivity (Wildman–Crippen MR) is 77.5 cm³/mol. The van der Waals surface area contributed by atoms with Crippen LogP contribution in [0.2, 0.25) is 0 Å². The predicted octanol–water partition coefficient (Wildman–Crippen LogP) is 2.44. The first-order valence-electron chi connectivity index (χ1n) is 7.08. The Morgan fingerprint density at radius 3 is 2.76 bits per heavy atom. The molecule has 1 aromatic carbocycles. The molecule has 2 atom stereocenters. The third kappa shape index (κ3) is 3.20. The van der Waals surface area contributed by atoms with Crippen molar-refractivity contribution in [2.24, 2.45) is 0 Å². The van der Waals surface area contributed by atoms with E-state index in [0.717, 1.165) is 17.1 Å². The van der Waals surface area contributed by atoms with E-state index in [-0.39, 0.29) is 6.04 Å². The van der Waals surface area contributed by atoms with E-state index in [4.69, 9.17) is 13.9 Å². The van der Waals surface area contributed by atoms with E-state index in [2.05, 4.69) is 5.32 Å². The lowest BCUT2D eigenvalue weighted by molar-refractivity contribution is 0.160. The first-order chi connectivity index (χ1) is 10.2. The number of hydrogen-bond donors (Lipinski definition) is 2. The topological polar surface area (TPSA) is 63.9 Å². The number of ether oxygens (including phenoxy) is 2. The normalized spacial score (nSPS) is 16.5. The molecule has 0 spiro atoms. The zero-order valence-electron chi connectivity index (χ0n) is 11.9. The van der Waals surface area contributed by atoms with Crippen LogP contribution >= 0.6 is 0 Å². The van der Waals surface area contributed by atoms with Crippen molar-refractivity contribution in [1.82, 2.24) is 5.32 Å². The van der Waals surface area contributed by atoms with Crippen LogP contribution < -0.4 is 14.8 Å². The van der Waals surface area contributed by atoms with Gasteiger partial charge in [0.15, 0.2) is 11.5 Å². The Bertz CT molecular complexity index is 582. The monoisotopic (exact) mass is 289 g/mol. The molecule has 0 aliphatic carbocycles. The lowest BCUT2D eigenvalue weighted by Gasteiger charge is -2.21. The van der Waals surface area contributed by atoms with E-state index in [0.29, 0.717) is 25.5 Å². The summed E-state index contributed by atoms with van der Waals surface area (Å²) < 4.78 is 16.3. The zero-order valence-corrected chi connectivity index (χ0v) is 11.9. The molecule has 0 radical (unpaired) electrons. The van der Waals surface area contributed by atoms with Crippen molar-refractivity contribution in [1.29, 1.82) is 0 Å². The maximum absolute atomic E-state index is 10.3. The van der Waals surface area contributed by atoms with Crippen molar-refractivity contribution in [3.63, 3.8) is 0 Å². The molecule has 0 saturated carbocycles. The number of hydrogen-bond acceptors (Lipinski definition) is 5. The third-order valence-electron chi connectivity index (χ3n) is 3.54. The minimum Gasteiger partial charge on any atom is -0.486 e. The van der Waals surface area contributed by atoms with E-state index >= 15 is 0 Å². The Kier molecular flexibility index (Phi) is 4.13. The summed E-state index contributed by atoms with van der Waals surface area (Å²) in [5, 5.41) is 13.5. The minimum absolute atomic E-state index is 0.0480. The molecule has 1 unspecified atom stereocenters. The summed E-state index contributed by atoms with van der Waals surface area (Å²) >= 11 is 0. The number of furan rings is 1. The molecule has 1 aliphatic heterocycles. The van der Waals surface area contributed by atoms with E-state index in [1.165, 1.54) is 0 Å². The molecule has 3 rings (SSSR count). The molecular weight excluding hydrogens is 270 g/mol. The van der Waals surface area contributed by atoms with Crippen LogP contribution in [0.15, 0.2) is 41.0 Å². The molecule has 2 aromatic rings. The van der Waals surface area contributed by atoms with Crippen LogP contribution in [0.5, 0.6) is 11.5 Å². The SMILES string of the molecule is C[C@@H](NCC(O)c1ccc2c(c1)OCCO2)c1ccco1. The van der Waals surface area contributed by atoms with Crippen LogP contribution in [-0.4, -0.2) is 24.9 Å². The first-order valence-corrected chi connectivity index (χ1v) is 7.08. The van der Waals surface area contributed by atoms with Crippen LogP contribution in [0, 0.1) is 0 Å². The van der Waals surface area contributed by atoms with Crippen molar-refractivity contribution >= 4 is 0 Å². The average molecular weight is 289 g/mol. The van der Waals surface area contributed by atoms with Crippen molar-refractivity contribution in [2.45, 2.75) is 19.1 Å². The highest BCUT2D eigenvalue weighted by Gasteiger charge is 2.16. The van der Waals surface area contributed by atoms with Crippen LogP contribution in [-0.2, 0) is 0 Å². The Hall–Kier alpha value is -1.98. The molecule has 5 nitrogen and oxygen atoms in total. The highest BCUT2D eigenvalue weighted by atomic mass is 16.6. The molecule has 0 bridgehead atoms. The van der Waals surface area contributed by atoms with Crippen LogP contribution in [0.3, 0.4) is 0 Å². The minimum atomic E-state index is -0.613. The van der Waals surface area contributed by atoms with E-state index in [9.17, 15) is 5.11 Å². The van der Waals surface area contributed by atoms with Gasteiger partial charge >= 0.3 is 0 Å². The largest absolute Gasteiger partial charge is 0.486 e. The van der Waals surface area contributed by atoms with Crippen LogP contribution in [0.1, 0.15) is 30.4 Å². The van der Waals surface area contributed by atoms with E-state index < -0.39 is 6.10 Å². The molecule has 2 N–H and O–H groups in total. The molecule has 1 aromatic heterocycles. The molecular formula is C16H19NO4. The number of aliphatic hydroxyl groups is 1. The summed E-state index contributed by atoms with van der Waals surface area (Å²) in [4.78, 5) is 0. The average Bonchev–Trinajstić information content (AvgIpc) is 3.06. The number of rotatable bonds is 5. The molecule has 0 amide bonds. The fourth-order valence-corrected chi connectivity index (χ4v) is 2.31. The summed E-state index contributed by atoms with van der Waals surface area (Å²) in [6, 6.07) is 9.34. The number of aliphatic hydroxyl groups excluding tert-OH is 1. The van der Waals surface area contributed by atoms with Gasteiger partial charge < -0.3 is 24.3 Å². The van der Waals surface area contributed by atoms with Gasteiger partial charge in [-0.25, -0.2) is 0 Å². The van der Waals surface area contributed by atoms with Crippen molar-refractivity contribution in [2.75, 3.05) is 19.8 Å². The second-order valence-corrected chi connectivity index (χ2v) is 5.06. The van der Waals surface area contributed by atoms with Gasteiger partial charge in [0, 0.05) is 6.54 Å². The first kappa shape index (κ1) is 14.0.